The van der Waals surface area contributed by atoms with Gasteiger partial charge in [0.15, 0.2) is 5.75 Å². The molecule has 1 aliphatic heterocycles. The zero-order valence-corrected chi connectivity index (χ0v) is 18.5. The highest BCUT2D eigenvalue weighted by atomic mass is 32.1. The molecular formula is C22H27N5O2S. The number of nitrogens with zero attached hydrogens (tertiary/aromatic N) is 4. The quantitative estimate of drug-likeness (QED) is 0.675. The summed E-state index contributed by atoms with van der Waals surface area (Å²) >= 11 is 1.69. The molecule has 0 radical (unpaired) electrons. The van der Waals surface area contributed by atoms with Crippen LogP contribution in [-0.4, -0.2) is 39.2 Å². The van der Waals surface area contributed by atoms with E-state index in [0.717, 1.165) is 66.4 Å². The zero-order valence-electron chi connectivity index (χ0n) is 17.7. The molecule has 1 N–H and O–H groups in total. The molecule has 4 heterocycles. The van der Waals surface area contributed by atoms with E-state index in [0.29, 0.717) is 18.2 Å². The number of hydrogen-bond donors (Lipinski definition) is 1. The summed E-state index contributed by atoms with van der Waals surface area (Å²) in [7, 11) is 1.96. The maximum atomic E-state index is 6.53. The molecule has 0 unspecified atom stereocenters. The smallest absolute Gasteiger partial charge is 0.261 e. The van der Waals surface area contributed by atoms with Crippen molar-refractivity contribution in [2.45, 2.75) is 52.1 Å². The van der Waals surface area contributed by atoms with E-state index >= 15 is 0 Å². The van der Waals surface area contributed by atoms with Crippen molar-refractivity contribution in [3.8, 4) is 16.5 Å². The van der Waals surface area contributed by atoms with Gasteiger partial charge in [0.1, 0.15) is 11.0 Å². The summed E-state index contributed by atoms with van der Waals surface area (Å²) in [4.78, 5) is 0.950. The molecule has 7 nitrogen and oxygen atoms in total. The number of piperidine rings is 1. The van der Waals surface area contributed by atoms with Crippen LogP contribution < -0.4 is 19.8 Å². The summed E-state index contributed by atoms with van der Waals surface area (Å²) in [6.45, 7) is 6.08. The number of thiophene rings is 1. The average molecular weight is 426 g/mol. The number of fused-ring (bicyclic) bond motifs is 1. The first-order chi connectivity index (χ1) is 14.6. The molecule has 0 bridgehead atoms. The fourth-order valence-electron chi connectivity index (χ4n) is 4.21. The van der Waals surface area contributed by atoms with Gasteiger partial charge in [-0.25, -0.2) is 0 Å². The molecule has 1 fully saturated rings. The molecule has 3 aromatic rings. The molecule has 5 rings (SSSR count). The van der Waals surface area contributed by atoms with E-state index in [2.05, 4.69) is 39.7 Å². The van der Waals surface area contributed by atoms with Crippen molar-refractivity contribution in [2.75, 3.05) is 13.1 Å². The maximum Gasteiger partial charge on any atom is 0.261 e. The molecule has 0 amide bonds. The van der Waals surface area contributed by atoms with Gasteiger partial charge in [0.25, 0.3) is 5.89 Å². The molecule has 1 aliphatic carbocycles. The van der Waals surface area contributed by atoms with E-state index in [1.165, 1.54) is 9.75 Å². The van der Waals surface area contributed by atoms with Gasteiger partial charge in [0.05, 0.1) is 12.1 Å². The molecule has 3 aromatic heterocycles. The van der Waals surface area contributed by atoms with E-state index in [4.69, 9.17) is 9.15 Å². The first kappa shape index (κ1) is 19.5. The lowest BCUT2D eigenvalue weighted by Gasteiger charge is -2.23. The van der Waals surface area contributed by atoms with Crippen molar-refractivity contribution >= 4 is 23.5 Å². The SMILES string of the molecule is Cc1nn(C)c(C)c1Cc1nnc(-c2sc3c(c2OC2CCNCC2)=CCCC=3)o1. The highest BCUT2D eigenvalue weighted by Gasteiger charge is 2.24. The van der Waals surface area contributed by atoms with Crippen LogP contribution in [0, 0.1) is 13.8 Å². The largest absolute Gasteiger partial charge is 0.488 e. The predicted molar refractivity (Wildman–Crippen MR) is 117 cm³/mol. The van der Waals surface area contributed by atoms with Crippen LogP contribution in [-0.2, 0) is 13.5 Å². The molecule has 30 heavy (non-hydrogen) atoms. The standard InChI is InChI=1S/C22H27N5O2S/c1-13-17(14(2)27(3)26-13)12-19-24-25-22(29-19)21-20(28-15-8-10-23-11-9-15)16-6-4-5-7-18(16)30-21/h6-7,15,23H,4-5,8-12H2,1-3H3. The Morgan fingerprint density at radius 2 is 2.00 bits per heavy atom. The number of hydrogen-bond acceptors (Lipinski definition) is 7. The molecule has 2 aliphatic rings. The lowest BCUT2D eigenvalue weighted by molar-refractivity contribution is 0.162. The van der Waals surface area contributed by atoms with Gasteiger partial charge in [-0.05, 0) is 52.6 Å². The highest BCUT2D eigenvalue weighted by Crippen LogP contribution is 2.32. The van der Waals surface area contributed by atoms with Crippen LogP contribution in [0.15, 0.2) is 4.42 Å². The van der Waals surface area contributed by atoms with Crippen molar-refractivity contribution < 1.29 is 9.15 Å². The Morgan fingerprint density at radius 3 is 2.77 bits per heavy atom. The summed E-state index contributed by atoms with van der Waals surface area (Å²) in [5, 5.41) is 17.8. The van der Waals surface area contributed by atoms with Gasteiger partial charge in [-0.3, -0.25) is 4.68 Å². The van der Waals surface area contributed by atoms with Gasteiger partial charge >= 0.3 is 0 Å². The Kier molecular flexibility index (Phi) is 5.20. The van der Waals surface area contributed by atoms with Crippen LogP contribution in [0.1, 0.15) is 48.5 Å². The third-order valence-corrected chi connectivity index (χ3v) is 7.16. The molecule has 0 atom stereocenters. The molecule has 1 saturated heterocycles. The van der Waals surface area contributed by atoms with Gasteiger partial charge < -0.3 is 14.5 Å². The molecular weight excluding hydrogens is 398 g/mol. The van der Waals surface area contributed by atoms with E-state index in [1.807, 2.05) is 18.7 Å². The van der Waals surface area contributed by atoms with Crippen molar-refractivity contribution in [3.05, 3.63) is 32.6 Å². The normalized spacial score (nSPS) is 16.8. The minimum Gasteiger partial charge on any atom is -0.488 e. The molecule has 0 spiro atoms. The topological polar surface area (TPSA) is 78.0 Å². The van der Waals surface area contributed by atoms with Gasteiger partial charge in [0, 0.05) is 28.1 Å². The Labute approximate surface area is 179 Å². The number of rotatable bonds is 5. The van der Waals surface area contributed by atoms with Crippen molar-refractivity contribution in [3.63, 3.8) is 0 Å². The zero-order chi connectivity index (χ0) is 20.7. The van der Waals surface area contributed by atoms with E-state index < -0.39 is 0 Å². The third-order valence-electron chi connectivity index (χ3n) is 5.99. The van der Waals surface area contributed by atoms with Crippen LogP contribution in [0.5, 0.6) is 5.75 Å². The summed E-state index contributed by atoms with van der Waals surface area (Å²) in [6.07, 6.45) is 9.53. The third kappa shape index (κ3) is 3.58. The first-order valence-corrected chi connectivity index (χ1v) is 11.4. The van der Waals surface area contributed by atoms with Crippen LogP contribution in [0.3, 0.4) is 0 Å². The Bertz CT molecular complexity index is 1180. The second kappa shape index (κ2) is 8.00. The lowest BCUT2D eigenvalue weighted by Crippen LogP contribution is -2.35. The van der Waals surface area contributed by atoms with Gasteiger partial charge in [-0.2, -0.15) is 5.10 Å². The monoisotopic (exact) mass is 425 g/mol. The molecule has 158 valence electrons. The van der Waals surface area contributed by atoms with Gasteiger partial charge in [-0.1, -0.05) is 12.2 Å². The maximum absolute atomic E-state index is 6.53. The van der Waals surface area contributed by atoms with E-state index in [9.17, 15) is 0 Å². The Morgan fingerprint density at radius 1 is 1.20 bits per heavy atom. The molecule has 0 saturated carbocycles. The molecule has 0 aromatic carbocycles. The van der Waals surface area contributed by atoms with Crippen LogP contribution >= 0.6 is 11.3 Å². The van der Waals surface area contributed by atoms with Crippen molar-refractivity contribution in [1.82, 2.24) is 25.3 Å². The number of aromatic nitrogens is 4. The average Bonchev–Trinajstić information content (AvgIpc) is 3.42. The summed E-state index contributed by atoms with van der Waals surface area (Å²) in [5.74, 6) is 2.08. The second-order valence-electron chi connectivity index (χ2n) is 8.04. The van der Waals surface area contributed by atoms with Gasteiger partial charge in [-0.15, -0.1) is 21.5 Å². The fourth-order valence-corrected chi connectivity index (χ4v) is 5.34. The van der Waals surface area contributed by atoms with Gasteiger partial charge in [0.2, 0.25) is 5.89 Å². The van der Waals surface area contributed by atoms with Crippen LogP contribution in [0.4, 0.5) is 0 Å². The van der Waals surface area contributed by atoms with E-state index in [-0.39, 0.29) is 6.10 Å². The fraction of sp³-hybridized carbons (Fsp3) is 0.500. The number of nitrogens with one attached hydrogen (secondary N) is 1. The highest BCUT2D eigenvalue weighted by molar-refractivity contribution is 7.13. The minimum absolute atomic E-state index is 0.224. The molecule has 8 heteroatoms. The number of ether oxygens (including phenoxy) is 1. The Balaban J connectivity index is 1.49. The van der Waals surface area contributed by atoms with Crippen molar-refractivity contribution in [2.24, 2.45) is 7.05 Å². The minimum atomic E-state index is 0.224. The van der Waals surface area contributed by atoms with Crippen molar-refractivity contribution in [1.29, 1.82) is 0 Å². The predicted octanol–water partition coefficient (Wildman–Crippen LogP) is 2.22. The Hall–Kier alpha value is -2.45. The summed E-state index contributed by atoms with van der Waals surface area (Å²) in [6, 6.07) is 0. The number of aryl methyl sites for hydroxylation is 2. The lowest BCUT2D eigenvalue weighted by atomic mass is 10.1. The second-order valence-corrected chi connectivity index (χ2v) is 9.09. The van der Waals surface area contributed by atoms with E-state index in [1.54, 1.807) is 11.3 Å². The first-order valence-electron chi connectivity index (χ1n) is 10.6. The summed E-state index contributed by atoms with van der Waals surface area (Å²) in [5.41, 5.74) is 3.27. The van der Waals surface area contributed by atoms with Crippen LogP contribution in [0.2, 0.25) is 0 Å². The summed E-state index contributed by atoms with van der Waals surface area (Å²) < 4.78 is 15.8. The van der Waals surface area contributed by atoms with Crippen LogP contribution in [0.25, 0.3) is 22.9 Å².